The molecule has 0 aliphatic rings. The van der Waals surface area contributed by atoms with Gasteiger partial charge in [-0.25, -0.2) is 4.99 Å². The molecule has 0 radical (unpaired) electrons. The van der Waals surface area contributed by atoms with Gasteiger partial charge < -0.3 is 5.73 Å². The molecule has 1 aromatic rings. The summed E-state index contributed by atoms with van der Waals surface area (Å²) in [6.45, 7) is 6.03. The lowest BCUT2D eigenvalue weighted by atomic mass is 9.95. The quantitative estimate of drug-likeness (QED) is 0.612. The van der Waals surface area contributed by atoms with Crippen molar-refractivity contribution in [2.45, 2.75) is 20.8 Å². The van der Waals surface area contributed by atoms with E-state index >= 15 is 0 Å². The number of nitrogens with zero attached hydrogens (tertiary/aromatic N) is 1. The minimum Gasteiger partial charge on any atom is -0.387 e. The third kappa shape index (κ3) is 3.50. The highest BCUT2D eigenvalue weighted by molar-refractivity contribution is 9.10. The molecule has 0 atom stereocenters. The summed E-state index contributed by atoms with van der Waals surface area (Å²) in [7, 11) is 0. The molecule has 82 valence electrons. The van der Waals surface area contributed by atoms with Crippen LogP contribution in [0.4, 0.5) is 5.69 Å². The van der Waals surface area contributed by atoms with E-state index in [-0.39, 0.29) is 5.41 Å². The smallest absolute Gasteiger partial charge is 0.105 e. The first-order chi connectivity index (χ1) is 6.80. The number of benzene rings is 1. The Balaban J connectivity index is 3.13. The topological polar surface area (TPSA) is 38.4 Å². The zero-order chi connectivity index (χ0) is 11.6. The summed E-state index contributed by atoms with van der Waals surface area (Å²) < 4.78 is 0.937. The van der Waals surface area contributed by atoms with Crippen LogP contribution in [-0.4, -0.2) is 5.84 Å². The number of hydrogen-bond donors (Lipinski definition) is 1. The van der Waals surface area contributed by atoms with Gasteiger partial charge >= 0.3 is 0 Å². The van der Waals surface area contributed by atoms with E-state index in [2.05, 4.69) is 20.9 Å². The van der Waals surface area contributed by atoms with Gasteiger partial charge in [0, 0.05) is 9.89 Å². The summed E-state index contributed by atoms with van der Waals surface area (Å²) in [5.74, 6) is 0.572. The fourth-order valence-electron chi connectivity index (χ4n) is 0.869. The van der Waals surface area contributed by atoms with E-state index in [4.69, 9.17) is 17.3 Å². The van der Waals surface area contributed by atoms with Crippen LogP contribution in [0.5, 0.6) is 0 Å². The number of halogens is 2. The third-order valence-corrected chi connectivity index (χ3v) is 2.73. The standard InChI is InChI=1S/C11H14BrClN2/c1-11(2,3)10(14)15-9-6-7(12)4-5-8(9)13/h4-6H,1-3H3,(H2,14,15). The second-order valence-corrected chi connectivity index (χ2v) is 5.67. The van der Waals surface area contributed by atoms with Crippen molar-refractivity contribution in [1.29, 1.82) is 0 Å². The molecule has 0 unspecified atom stereocenters. The van der Waals surface area contributed by atoms with Crippen LogP contribution in [-0.2, 0) is 0 Å². The van der Waals surface area contributed by atoms with Gasteiger partial charge in [0.25, 0.3) is 0 Å². The summed E-state index contributed by atoms with van der Waals surface area (Å²) in [4.78, 5) is 4.32. The first-order valence-electron chi connectivity index (χ1n) is 4.60. The molecule has 0 saturated heterocycles. The first kappa shape index (κ1) is 12.5. The molecule has 0 aliphatic carbocycles. The SMILES string of the molecule is CC(C)(C)C(N)=Nc1cc(Br)ccc1Cl. The number of rotatable bonds is 1. The van der Waals surface area contributed by atoms with Crippen molar-refractivity contribution >= 4 is 39.1 Å². The van der Waals surface area contributed by atoms with Gasteiger partial charge in [0.2, 0.25) is 0 Å². The maximum absolute atomic E-state index is 6.01. The Hall–Kier alpha value is -0.540. The van der Waals surface area contributed by atoms with Crippen molar-refractivity contribution in [3.8, 4) is 0 Å². The van der Waals surface area contributed by atoms with Gasteiger partial charge in [-0.2, -0.15) is 0 Å². The Morgan fingerprint density at radius 3 is 2.53 bits per heavy atom. The summed E-state index contributed by atoms with van der Waals surface area (Å²) in [5, 5.41) is 0.602. The third-order valence-electron chi connectivity index (χ3n) is 1.92. The predicted octanol–water partition coefficient (Wildman–Crippen LogP) is 4.14. The van der Waals surface area contributed by atoms with Crippen LogP contribution in [0.1, 0.15) is 20.8 Å². The molecule has 0 bridgehead atoms. The minimum absolute atomic E-state index is 0.147. The molecule has 0 heterocycles. The highest BCUT2D eigenvalue weighted by Gasteiger charge is 2.15. The van der Waals surface area contributed by atoms with Crippen LogP contribution in [0.25, 0.3) is 0 Å². The molecule has 0 aliphatic heterocycles. The van der Waals surface area contributed by atoms with Gasteiger partial charge in [0.05, 0.1) is 10.7 Å². The van der Waals surface area contributed by atoms with Gasteiger partial charge in [-0.15, -0.1) is 0 Å². The van der Waals surface area contributed by atoms with E-state index in [1.54, 1.807) is 6.07 Å². The highest BCUT2D eigenvalue weighted by Crippen LogP contribution is 2.29. The molecule has 4 heteroatoms. The minimum atomic E-state index is -0.147. The Bertz CT molecular complexity index is 394. The van der Waals surface area contributed by atoms with Gasteiger partial charge in [-0.3, -0.25) is 0 Å². The molecule has 1 aromatic carbocycles. The Morgan fingerprint density at radius 1 is 1.40 bits per heavy atom. The zero-order valence-electron chi connectivity index (χ0n) is 9.01. The maximum Gasteiger partial charge on any atom is 0.105 e. The molecule has 0 aromatic heterocycles. The molecule has 1 rings (SSSR count). The van der Waals surface area contributed by atoms with Crippen molar-refractivity contribution in [2.24, 2.45) is 16.1 Å². The van der Waals surface area contributed by atoms with Crippen LogP contribution < -0.4 is 5.73 Å². The molecule has 15 heavy (non-hydrogen) atoms. The highest BCUT2D eigenvalue weighted by atomic mass is 79.9. The number of hydrogen-bond acceptors (Lipinski definition) is 1. The molecule has 2 N–H and O–H groups in total. The van der Waals surface area contributed by atoms with E-state index in [0.717, 1.165) is 4.47 Å². The average molecular weight is 290 g/mol. The van der Waals surface area contributed by atoms with E-state index in [1.807, 2.05) is 32.9 Å². The van der Waals surface area contributed by atoms with Crippen LogP contribution in [0, 0.1) is 5.41 Å². The molecule has 0 fully saturated rings. The van der Waals surface area contributed by atoms with Crippen molar-refractivity contribution < 1.29 is 0 Å². The Morgan fingerprint density at radius 2 is 2.00 bits per heavy atom. The van der Waals surface area contributed by atoms with E-state index in [9.17, 15) is 0 Å². The van der Waals surface area contributed by atoms with Crippen LogP contribution in [0.2, 0.25) is 5.02 Å². The van der Waals surface area contributed by atoms with Gasteiger partial charge in [-0.1, -0.05) is 48.3 Å². The van der Waals surface area contributed by atoms with Crippen LogP contribution >= 0.6 is 27.5 Å². The second-order valence-electron chi connectivity index (χ2n) is 4.34. The number of nitrogens with two attached hydrogens (primary N) is 1. The molecular formula is C11H14BrClN2. The lowest BCUT2D eigenvalue weighted by molar-refractivity contribution is 0.585. The normalized spacial score (nSPS) is 13.0. The number of aliphatic imine (C=N–C) groups is 1. The lowest BCUT2D eigenvalue weighted by Gasteiger charge is -2.17. The van der Waals surface area contributed by atoms with Crippen molar-refractivity contribution in [1.82, 2.24) is 0 Å². The summed E-state index contributed by atoms with van der Waals surface area (Å²) in [6, 6.07) is 5.51. The molecule has 0 amide bonds. The van der Waals surface area contributed by atoms with Crippen molar-refractivity contribution in [3.63, 3.8) is 0 Å². The van der Waals surface area contributed by atoms with Crippen LogP contribution in [0.3, 0.4) is 0 Å². The number of amidine groups is 1. The fraction of sp³-hybridized carbons (Fsp3) is 0.364. The Kier molecular flexibility index (Phi) is 3.79. The second kappa shape index (κ2) is 4.54. The van der Waals surface area contributed by atoms with Gasteiger partial charge in [-0.05, 0) is 18.2 Å². The van der Waals surface area contributed by atoms with Crippen molar-refractivity contribution in [3.05, 3.63) is 27.7 Å². The Labute approximate surface area is 104 Å². The molecular weight excluding hydrogens is 275 g/mol. The summed E-state index contributed by atoms with van der Waals surface area (Å²) in [6.07, 6.45) is 0. The molecule has 0 spiro atoms. The lowest BCUT2D eigenvalue weighted by Crippen LogP contribution is -2.28. The zero-order valence-corrected chi connectivity index (χ0v) is 11.4. The largest absolute Gasteiger partial charge is 0.387 e. The fourth-order valence-corrected chi connectivity index (χ4v) is 1.38. The van der Waals surface area contributed by atoms with Crippen molar-refractivity contribution in [2.75, 3.05) is 0 Å². The van der Waals surface area contributed by atoms with Gasteiger partial charge in [0.15, 0.2) is 0 Å². The maximum atomic E-state index is 6.01. The summed E-state index contributed by atoms with van der Waals surface area (Å²) in [5.41, 5.74) is 6.42. The predicted molar refractivity (Wildman–Crippen MR) is 69.9 cm³/mol. The average Bonchev–Trinajstić information content (AvgIpc) is 2.09. The van der Waals surface area contributed by atoms with Gasteiger partial charge in [0.1, 0.15) is 5.84 Å². The monoisotopic (exact) mass is 288 g/mol. The first-order valence-corrected chi connectivity index (χ1v) is 5.77. The molecule has 2 nitrogen and oxygen atoms in total. The molecule has 0 saturated carbocycles. The van der Waals surface area contributed by atoms with E-state index < -0.39 is 0 Å². The van der Waals surface area contributed by atoms with Crippen LogP contribution in [0.15, 0.2) is 27.7 Å². The van der Waals surface area contributed by atoms with E-state index in [0.29, 0.717) is 16.5 Å². The summed E-state index contributed by atoms with van der Waals surface area (Å²) >= 11 is 9.37. The van der Waals surface area contributed by atoms with E-state index in [1.165, 1.54) is 0 Å².